The third-order valence-electron chi connectivity index (χ3n) is 3.57. The first-order valence-corrected chi connectivity index (χ1v) is 8.80. The molecule has 0 bridgehead atoms. The molecule has 132 valence electrons. The van der Waals surface area contributed by atoms with E-state index in [9.17, 15) is 14.4 Å². The molecule has 6 nitrogen and oxygen atoms in total. The van der Waals surface area contributed by atoms with Crippen LogP contribution in [0.1, 0.15) is 37.6 Å². The summed E-state index contributed by atoms with van der Waals surface area (Å²) in [6.45, 7) is 6.89. The van der Waals surface area contributed by atoms with Crippen molar-refractivity contribution < 1.29 is 14.4 Å². The second-order valence-electron chi connectivity index (χ2n) is 5.31. The molecule has 0 heterocycles. The Balaban J connectivity index is 2.37. The molecule has 0 aliphatic heterocycles. The number of rotatable bonds is 8. The van der Waals surface area contributed by atoms with Gasteiger partial charge in [-0.2, -0.15) is 0 Å². The van der Waals surface area contributed by atoms with Gasteiger partial charge in [-0.15, -0.1) is 0 Å². The standard InChI is InChI=1S/C17H24BrN3O3/c1-4-21(5-2)17(24)12(3)20-15(22)10-11-19-16(23)13-6-8-14(18)9-7-13/h6-9,12H,4-5,10-11H2,1-3H3,(H,19,23)(H,20,22)/t12-/m1/s1. The van der Waals surface area contributed by atoms with Crippen molar-refractivity contribution in [3.63, 3.8) is 0 Å². The lowest BCUT2D eigenvalue weighted by atomic mass is 10.2. The molecule has 0 aliphatic carbocycles. The summed E-state index contributed by atoms with van der Waals surface area (Å²) in [6.07, 6.45) is 0.123. The summed E-state index contributed by atoms with van der Waals surface area (Å²) in [5, 5.41) is 5.35. The molecule has 1 aromatic carbocycles. The van der Waals surface area contributed by atoms with E-state index in [0.29, 0.717) is 18.7 Å². The Morgan fingerprint density at radius 1 is 1.12 bits per heavy atom. The molecule has 1 atom stereocenters. The van der Waals surface area contributed by atoms with Gasteiger partial charge in [0.1, 0.15) is 6.04 Å². The Hall–Kier alpha value is -1.89. The molecule has 0 aliphatic rings. The van der Waals surface area contributed by atoms with E-state index in [4.69, 9.17) is 0 Å². The van der Waals surface area contributed by atoms with Gasteiger partial charge in [0.05, 0.1) is 0 Å². The van der Waals surface area contributed by atoms with Crippen molar-refractivity contribution >= 4 is 33.7 Å². The van der Waals surface area contributed by atoms with Crippen molar-refractivity contribution in [2.45, 2.75) is 33.2 Å². The molecule has 2 N–H and O–H groups in total. The predicted molar refractivity (Wildman–Crippen MR) is 96.6 cm³/mol. The van der Waals surface area contributed by atoms with Crippen LogP contribution in [0.2, 0.25) is 0 Å². The Labute approximate surface area is 151 Å². The number of hydrogen-bond donors (Lipinski definition) is 2. The van der Waals surface area contributed by atoms with Gasteiger partial charge in [-0.05, 0) is 45.0 Å². The number of nitrogens with one attached hydrogen (secondary N) is 2. The van der Waals surface area contributed by atoms with E-state index >= 15 is 0 Å². The van der Waals surface area contributed by atoms with Gasteiger partial charge in [0.25, 0.3) is 5.91 Å². The molecule has 3 amide bonds. The SMILES string of the molecule is CCN(CC)C(=O)[C@@H](C)NC(=O)CCNC(=O)c1ccc(Br)cc1. The fraction of sp³-hybridized carbons (Fsp3) is 0.471. The van der Waals surface area contributed by atoms with Crippen molar-refractivity contribution in [2.24, 2.45) is 0 Å². The highest BCUT2D eigenvalue weighted by atomic mass is 79.9. The van der Waals surface area contributed by atoms with Crippen LogP contribution in [-0.4, -0.2) is 48.3 Å². The third-order valence-corrected chi connectivity index (χ3v) is 4.10. The molecule has 0 unspecified atom stereocenters. The summed E-state index contributed by atoms with van der Waals surface area (Å²) >= 11 is 3.31. The third kappa shape index (κ3) is 6.31. The lowest BCUT2D eigenvalue weighted by Gasteiger charge is -2.23. The molecule has 0 saturated carbocycles. The van der Waals surface area contributed by atoms with Crippen LogP contribution in [0.15, 0.2) is 28.7 Å². The van der Waals surface area contributed by atoms with Crippen LogP contribution in [-0.2, 0) is 9.59 Å². The Morgan fingerprint density at radius 3 is 2.25 bits per heavy atom. The van der Waals surface area contributed by atoms with Gasteiger partial charge in [-0.3, -0.25) is 14.4 Å². The molecule has 1 rings (SSSR count). The number of nitrogens with zero attached hydrogens (tertiary/aromatic N) is 1. The highest BCUT2D eigenvalue weighted by Crippen LogP contribution is 2.10. The lowest BCUT2D eigenvalue weighted by molar-refractivity contribution is -0.135. The van der Waals surface area contributed by atoms with Gasteiger partial charge >= 0.3 is 0 Å². The minimum atomic E-state index is -0.570. The van der Waals surface area contributed by atoms with Crippen LogP contribution in [0.25, 0.3) is 0 Å². The van der Waals surface area contributed by atoms with E-state index in [-0.39, 0.29) is 30.7 Å². The predicted octanol–water partition coefficient (Wildman–Crippen LogP) is 1.94. The second kappa shape index (κ2) is 10.1. The van der Waals surface area contributed by atoms with Crippen LogP contribution in [0.3, 0.4) is 0 Å². The summed E-state index contributed by atoms with van der Waals surface area (Å²) in [6, 6.07) is 6.39. The molecule has 0 fully saturated rings. The maximum Gasteiger partial charge on any atom is 0.251 e. The first-order valence-electron chi connectivity index (χ1n) is 8.00. The highest BCUT2D eigenvalue weighted by molar-refractivity contribution is 9.10. The number of benzene rings is 1. The van der Waals surface area contributed by atoms with Crippen molar-refractivity contribution in [2.75, 3.05) is 19.6 Å². The summed E-state index contributed by atoms with van der Waals surface area (Å²) < 4.78 is 0.894. The zero-order valence-corrected chi connectivity index (χ0v) is 15.9. The van der Waals surface area contributed by atoms with Crippen molar-refractivity contribution in [1.29, 1.82) is 0 Å². The first kappa shape index (κ1) is 20.2. The normalized spacial score (nSPS) is 11.5. The molecule has 24 heavy (non-hydrogen) atoms. The molecular weight excluding hydrogens is 374 g/mol. The molecule has 1 aromatic rings. The fourth-order valence-electron chi connectivity index (χ4n) is 2.18. The van der Waals surface area contributed by atoms with Crippen LogP contribution < -0.4 is 10.6 Å². The monoisotopic (exact) mass is 397 g/mol. The molecule has 7 heteroatoms. The Morgan fingerprint density at radius 2 is 1.71 bits per heavy atom. The molecule has 0 saturated heterocycles. The van der Waals surface area contributed by atoms with Crippen LogP contribution in [0, 0.1) is 0 Å². The smallest absolute Gasteiger partial charge is 0.251 e. The number of likely N-dealkylation sites (N-methyl/N-ethyl adjacent to an activating group) is 1. The van der Waals surface area contributed by atoms with Gasteiger partial charge in [0, 0.05) is 36.1 Å². The summed E-state index contributed by atoms with van der Waals surface area (Å²) in [7, 11) is 0. The van der Waals surface area contributed by atoms with Gasteiger partial charge in [-0.1, -0.05) is 15.9 Å². The van der Waals surface area contributed by atoms with Crippen LogP contribution in [0.4, 0.5) is 0 Å². The molecule has 0 aromatic heterocycles. The number of carbonyl (C=O) groups excluding carboxylic acids is 3. The number of carbonyl (C=O) groups is 3. The lowest BCUT2D eigenvalue weighted by Crippen LogP contribution is -2.47. The molecule has 0 radical (unpaired) electrons. The number of amides is 3. The topological polar surface area (TPSA) is 78.5 Å². The fourth-order valence-corrected chi connectivity index (χ4v) is 2.44. The number of hydrogen-bond acceptors (Lipinski definition) is 3. The first-order chi connectivity index (χ1) is 11.4. The van der Waals surface area contributed by atoms with Crippen LogP contribution >= 0.6 is 15.9 Å². The van der Waals surface area contributed by atoms with Crippen LogP contribution in [0.5, 0.6) is 0 Å². The zero-order valence-electron chi connectivity index (χ0n) is 14.3. The quantitative estimate of drug-likeness (QED) is 0.703. The Kier molecular flexibility index (Phi) is 8.46. The molecular formula is C17H24BrN3O3. The van der Waals surface area contributed by atoms with Crippen molar-refractivity contribution in [3.05, 3.63) is 34.3 Å². The maximum absolute atomic E-state index is 12.1. The van der Waals surface area contributed by atoms with E-state index in [0.717, 1.165) is 4.47 Å². The zero-order chi connectivity index (χ0) is 18.1. The Bertz CT molecular complexity index is 571. The van der Waals surface area contributed by atoms with E-state index in [1.165, 1.54) is 0 Å². The van der Waals surface area contributed by atoms with Gasteiger partial charge in [0.15, 0.2) is 0 Å². The second-order valence-corrected chi connectivity index (χ2v) is 6.23. The van der Waals surface area contributed by atoms with E-state index < -0.39 is 6.04 Å². The largest absolute Gasteiger partial charge is 0.352 e. The van der Waals surface area contributed by atoms with Gasteiger partial charge in [-0.25, -0.2) is 0 Å². The summed E-state index contributed by atoms with van der Waals surface area (Å²) in [5.74, 6) is -0.603. The van der Waals surface area contributed by atoms with Gasteiger partial charge in [0.2, 0.25) is 11.8 Å². The number of halogens is 1. The van der Waals surface area contributed by atoms with Crippen molar-refractivity contribution in [3.8, 4) is 0 Å². The summed E-state index contributed by atoms with van der Waals surface area (Å²) in [5.41, 5.74) is 0.531. The van der Waals surface area contributed by atoms with E-state index in [1.807, 2.05) is 13.8 Å². The van der Waals surface area contributed by atoms with Crippen molar-refractivity contribution in [1.82, 2.24) is 15.5 Å². The van der Waals surface area contributed by atoms with Gasteiger partial charge < -0.3 is 15.5 Å². The maximum atomic E-state index is 12.1. The van der Waals surface area contributed by atoms with E-state index in [1.54, 1.807) is 36.1 Å². The average molecular weight is 398 g/mol. The summed E-state index contributed by atoms with van der Waals surface area (Å²) in [4.78, 5) is 37.5. The average Bonchev–Trinajstić information content (AvgIpc) is 2.56. The van der Waals surface area contributed by atoms with E-state index in [2.05, 4.69) is 26.6 Å². The minimum absolute atomic E-state index is 0.104. The highest BCUT2D eigenvalue weighted by Gasteiger charge is 2.19. The minimum Gasteiger partial charge on any atom is -0.352 e. The molecule has 0 spiro atoms.